The third-order valence-corrected chi connectivity index (χ3v) is 2.40. The predicted octanol–water partition coefficient (Wildman–Crippen LogP) is 0.801. The molecule has 2 N–H and O–H groups in total. The largest absolute Gasteiger partial charge is 0.378 e. The Kier molecular flexibility index (Phi) is 2.21. The van der Waals surface area contributed by atoms with Crippen LogP contribution in [-0.2, 0) is 4.74 Å². The minimum absolute atomic E-state index is 0.366. The lowest BCUT2D eigenvalue weighted by Crippen LogP contribution is -2.32. The minimum atomic E-state index is -0.366. The minimum Gasteiger partial charge on any atom is -0.378 e. The molecule has 1 atom stereocenters. The van der Waals surface area contributed by atoms with E-state index in [1.54, 1.807) is 18.9 Å². The average molecular weight is 160 g/mol. The SMILES string of the molecule is CO[C@]1(C)CCSC(N)=N1. The first-order chi connectivity index (χ1) is 4.66. The van der Waals surface area contributed by atoms with Gasteiger partial charge in [0.25, 0.3) is 0 Å². The first-order valence-corrected chi connectivity index (χ1v) is 4.18. The molecule has 0 unspecified atom stereocenters. The number of aliphatic imine (C=N–C) groups is 1. The number of amidine groups is 1. The molecule has 0 aliphatic carbocycles. The molecule has 0 spiro atoms. The van der Waals surface area contributed by atoms with Crippen molar-refractivity contribution in [2.75, 3.05) is 12.9 Å². The Labute approximate surface area is 65.0 Å². The third kappa shape index (κ3) is 1.64. The second kappa shape index (κ2) is 2.80. The Morgan fingerprint density at radius 3 is 2.90 bits per heavy atom. The van der Waals surface area contributed by atoms with E-state index in [9.17, 15) is 0 Å². The molecular weight excluding hydrogens is 148 g/mol. The highest BCUT2D eigenvalue weighted by molar-refractivity contribution is 8.13. The van der Waals surface area contributed by atoms with Gasteiger partial charge in [-0.25, -0.2) is 4.99 Å². The summed E-state index contributed by atoms with van der Waals surface area (Å²) in [6, 6.07) is 0. The van der Waals surface area contributed by atoms with E-state index in [2.05, 4.69) is 4.99 Å². The quantitative estimate of drug-likeness (QED) is 0.617. The summed E-state index contributed by atoms with van der Waals surface area (Å²) in [5.74, 6) is 1.000. The summed E-state index contributed by atoms with van der Waals surface area (Å²) < 4.78 is 5.17. The first-order valence-electron chi connectivity index (χ1n) is 3.19. The highest BCUT2D eigenvalue weighted by Crippen LogP contribution is 2.25. The van der Waals surface area contributed by atoms with Crippen LogP contribution < -0.4 is 5.73 Å². The van der Waals surface area contributed by atoms with Gasteiger partial charge in [0.1, 0.15) is 0 Å². The smallest absolute Gasteiger partial charge is 0.159 e. The van der Waals surface area contributed by atoms with E-state index in [4.69, 9.17) is 10.5 Å². The molecule has 0 aromatic heterocycles. The van der Waals surface area contributed by atoms with Crippen LogP contribution in [0.15, 0.2) is 4.99 Å². The van der Waals surface area contributed by atoms with Gasteiger partial charge in [0.05, 0.1) is 0 Å². The summed E-state index contributed by atoms with van der Waals surface area (Å²) in [6.07, 6.45) is 0.939. The van der Waals surface area contributed by atoms with Crippen LogP contribution in [0.5, 0.6) is 0 Å². The number of hydrogen-bond acceptors (Lipinski definition) is 4. The summed E-state index contributed by atoms with van der Waals surface area (Å²) in [5.41, 5.74) is 5.15. The standard InChI is InChI=1S/C6H12N2OS/c1-6(9-2)3-4-10-5(7)8-6/h3-4H2,1-2H3,(H2,7,8)/t6-/m1/s1. The molecule has 1 heterocycles. The van der Waals surface area contributed by atoms with Gasteiger partial charge < -0.3 is 10.5 Å². The van der Waals surface area contributed by atoms with Gasteiger partial charge in [0.2, 0.25) is 0 Å². The maximum Gasteiger partial charge on any atom is 0.159 e. The monoisotopic (exact) mass is 160 g/mol. The van der Waals surface area contributed by atoms with Crippen LogP contribution in [-0.4, -0.2) is 23.8 Å². The lowest BCUT2D eigenvalue weighted by Gasteiger charge is -2.27. The van der Waals surface area contributed by atoms with Crippen LogP contribution in [0, 0.1) is 0 Å². The lowest BCUT2D eigenvalue weighted by atomic mass is 10.2. The van der Waals surface area contributed by atoms with Crippen LogP contribution in [0.25, 0.3) is 0 Å². The van der Waals surface area contributed by atoms with E-state index in [0.717, 1.165) is 12.2 Å². The fraction of sp³-hybridized carbons (Fsp3) is 0.833. The zero-order valence-electron chi connectivity index (χ0n) is 6.26. The van der Waals surface area contributed by atoms with Gasteiger partial charge in [-0.05, 0) is 6.92 Å². The van der Waals surface area contributed by atoms with Crippen LogP contribution >= 0.6 is 11.8 Å². The first kappa shape index (κ1) is 7.88. The van der Waals surface area contributed by atoms with Gasteiger partial charge >= 0.3 is 0 Å². The van der Waals surface area contributed by atoms with E-state index in [0.29, 0.717) is 5.17 Å². The molecule has 0 amide bonds. The number of methoxy groups -OCH3 is 1. The van der Waals surface area contributed by atoms with Gasteiger partial charge in [0, 0.05) is 19.3 Å². The molecule has 0 saturated heterocycles. The molecule has 10 heavy (non-hydrogen) atoms. The molecule has 3 nitrogen and oxygen atoms in total. The zero-order chi connectivity index (χ0) is 7.61. The highest BCUT2D eigenvalue weighted by atomic mass is 32.2. The summed E-state index contributed by atoms with van der Waals surface area (Å²) in [6.45, 7) is 1.94. The van der Waals surface area contributed by atoms with Crippen molar-refractivity contribution in [3.8, 4) is 0 Å². The van der Waals surface area contributed by atoms with E-state index >= 15 is 0 Å². The Morgan fingerprint density at radius 1 is 1.80 bits per heavy atom. The van der Waals surface area contributed by atoms with E-state index in [1.165, 1.54) is 0 Å². The molecule has 1 aliphatic rings. The number of nitrogens with zero attached hydrogens (tertiary/aromatic N) is 1. The number of ether oxygens (including phenoxy) is 1. The highest BCUT2D eigenvalue weighted by Gasteiger charge is 2.25. The summed E-state index contributed by atoms with van der Waals surface area (Å²) >= 11 is 1.58. The van der Waals surface area contributed by atoms with Gasteiger partial charge in [-0.15, -0.1) is 0 Å². The molecule has 1 rings (SSSR count). The lowest BCUT2D eigenvalue weighted by molar-refractivity contribution is 0.0114. The van der Waals surface area contributed by atoms with Crippen molar-refractivity contribution in [2.24, 2.45) is 10.7 Å². The molecule has 1 aliphatic heterocycles. The Balaban J connectivity index is 2.69. The van der Waals surface area contributed by atoms with Gasteiger partial charge in [-0.3, -0.25) is 0 Å². The van der Waals surface area contributed by atoms with Gasteiger partial charge in [-0.1, -0.05) is 11.8 Å². The molecule has 58 valence electrons. The van der Waals surface area contributed by atoms with Crippen LogP contribution in [0.4, 0.5) is 0 Å². The molecule has 0 saturated carbocycles. The second-order valence-corrected chi connectivity index (χ2v) is 3.54. The fourth-order valence-electron chi connectivity index (χ4n) is 0.814. The van der Waals surface area contributed by atoms with E-state index in [1.807, 2.05) is 6.92 Å². The maximum atomic E-state index is 5.52. The summed E-state index contributed by atoms with van der Waals surface area (Å²) in [7, 11) is 1.66. The molecule has 0 aromatic rings. The zero-order valence-corrected chi connectivity index (χ0v) is 7.07. The summed E-state index contributed by atoms with van der Waals surface area (Å²) in [4.78, 5) is 4.17. The van der Waals surface area contributed by atoms with Crippen molar-refractivity contribution >= 4 is 16.9 Å². The predicted molar refractivity (Wildman–Crippen MR) is 44.1 cm³/mol. The third-order valence-electron chi connectivity index (χ3n) is 1.60. The number of thioether (sulfide) groups is 1. The molecule has 4 heteroatoms. The molecule has 0 fully saturated rings. The maximum absolute atomic E-state index is 5.52. The Hall–Kier alpha value is -0.220. The Bertz CT molecular complexity index is 160. The second-order valence-electron chi connectivity index (χ2n) is 2.43. The average Bonchev–Trinajstić information content (AvgIpc) is 1.88. The van der Waals surface area contributed by atoms with Gasteiger partial charge in [-0.2, -0.15) is 0 Å². The fourth-order valence-corrected chi connectivity index (χ4v) is 1.76. The topological polar surface area (TPSA) is 47.6 Å². The van der Waals surface area contributed by atoms with Crippen molar-refractivity contribution in [1.29, 1.82) is 0 Å². The molecular formula is C6H12N2OS. The van der Waals surface area contributed by atoms with Crippen molar-refractivity contribution < 1.29 is 4.74 Å². The van der Waals surface area contributed by atoms with Crippen LogP contribution in [0.1, 0.15) is 13.3 Å². The van der Waals surface area contributed by atoms with E-state index in [-0.39, 0.29) is 5.72 Å². The molecule has 0 radical (unpaired) electrons. The molecule has 0 aromatic carbocycles. The van der Waals surface area contributed by atoms with Crippen LogP contribution in [0.2, 0.25) is 0 Å². The molecule has 0 bridgehead atoms. The van der Waals surface area contributed by atoms with Crippen molar-refractivity contribution in [1.82, 2.24) is 0 Å². The number of nitrogens with two attached hydrogens (primary N) is 1. The van der Waals surface area contributed by atoms with Crippen molar-refractivity contribution in [3.05, 3.63) is 0 Å². The van der Waals surface area contributed by atoms with Crippen LogP contribution in [0.3, 0.4) is 0 Å². The number of hydrogen-bond donors (Lipinski definition) is 1. The van der Waals surface area contributed by atoms with Gasteiger partial charge in [0.15, 0.2) is 10.9 Å². The number of rotatable bonds is 1. The van der Waals surface area contributed by atoms with Crippen molar-refractivity contribution in [3.63, 3.8) is 0 Å². The Morgan fingerprint density at radius 2 is 2.50 bits per heavy atom. The van der Waals surface area contributed by atoms with Crippen molar-refractivity contribution in [2.45, 2.75) is 19.1 Å². The van der Waals surface area contributed by atoms with E-state index < -0.39 is 0 Å². The normalized spacial score (nSPS) is 33.6. The summed E-state index contributed by atoms with van der Waals surface area (Å²) in [5, 5.41) is 0.635.